The lowest BCUT2D eigenvalue weighted by Gasteiger charge is -2.31. The summed E-state index contributed by atoms with van der Waals surface area (Å²) in [6, 6.07) is 13.3. The summed E-state index contributed by atoms with van der Waals surface area (Å²) >= 11 is 0. The van der Waals surface area contributed by atoms with E-state index >= 15 is 0 Å². The molecule has 0 atom stereocenters. The maximum atomic E-state index is 13.3. The lowest BCUT2D eigenvalue weighted by molar-refractivity contribution is 0.159. The van der Waals surface area contributed by atoms with Crippen LogP contribution in [0.1, 0.15) is 35.7 Å². The Morgan fingerprint density at radius 1 is 0.964 bits per heavy atom. The van der Waals surface area contributed by atoms with Crippen LogP contribution >= 0.6 is 0 Å². The summed E-state index contributed by atoms with van der Waals surface area (Å²) < 4.78 is 31.7. The van der Waals surface area contributed by atoms with E-state index in [1.807, 2.05) is 18.2 Å². The first-order valence-electron chi connectivity index (χ1n) is 9.67. The Balaban J connectivity index is 1.26. The van der Waals surface area contributed by atoms with Crippen LogP contribution < -0.4 is 0 Å². The second-order valence-electron chi connectivity index (χ2n) is 7.46. The van der Waals surface area contributed by atoms with Gasteiger partial charge in [0.25, 0.3) is 0 Å². The van der Waals surface area contributed by atoms with E-state index in [-0.39, 0.29) is 11.6 Å². The Labute approximate surface area is 163 Å². The Kier molecular flexibility index (Phi) is 5.76. The third-order valence-corrected chi connectivity index (χ3v) is 5.27. The molecule has 0 spiro atoms. The fraction of sp³-hybridized carbons (Fsp3) is 0.364. The zero-order chi connectivity index (χ0) is 19.3. The van der Waals surface area contributed by atoms with Crippen molar-refractivity contribution in [1.82, 2.24) is 15.0 Å². The number of aromatic nitrogens is 2. The molecule has 0 radical (unpaired) electrons. The van der Waals surface area contributed by atoms with Gasteiger partial charge >= 0.3 is 0 Å². The summed E-state index contributed by atoms with van der Waals surface area (Å²) in [4.78, 5) is 6.77. The molecular formula is C22H23F2N3O. The van der Waals surface area contributed by atoms with Gasteiger partial charge < -0.3 is 4.52 Å². The molecule has 3 aromatic rings. The van der Waals surface area contributed by atoms with Crippen molar-refractivity contribution < 1.29 is 13.3 Å². The van der Waals surface area contributed by atoms with Crippen LogP contribution in [-0.2, 0) is 19.4 Å². The third-order valence-electron chi connectivity index (χ3n) is 5.27. The molecule has 0 N–H and O–H groups in total. The topological polar surface area (TPSA) is 42.2 Å². The van der Waals surface area contributed by atoms with Crippen LogP contribution in [0.5, 0.6) is 0 Å². The van der Waals surface area contributed by atoms with Crippen molar-refractivity contribution in [2.24, 2.45) is 5.92 Å². The maximum Gasteiger partial charge on any atom is 0.240 e. The van der Waals surface area contributed by atoms with Crippen molar-refractivity contribution in [1.29, 1.82) is 0 Å². The smallest absolute Gasteiger partial charge is 0.240 e. The van der Waals surface area contributed by atoms with Crippen LogP contribution in [0.3, 0.4) is 0 Å². The highest BCUT2D eigenvalue weighted by atomic mass is 19.1. The first-order valence-corrected chi connectivity index (χ1v) is 9.67. The van der Waals surface area contributed by atoms with E-state index in [1.54, 1.807) is 6.07 Å². The van der Waals surface area contributed by atoms with E-state index in [2.05, 4.69) is 15.0 Å². The van der Waals surface area contributed by atoms with Gasteiger partial charge in [0.1, 0.15) is 11.6 Å². The minimum Gasteiger partial charge on any atom is -0.338 e. The number of benzene rings is 2. The monoisotopic (exact) mass is 383 g/mol. The van der Waals surface area contributed by atoms with Gasteiger partial charge in [-0.1, -0.05) is 29.4 Å². The summed E-state index contributed by atoms with van der Waals surface area (Å²) in [5.74, 6) is 1.35. The summed E-state index contributed by atoms with van der Waals surface area (Å²) in [6.07, 6.45) is 3.65. The van der Waals surface area contributed by atoms with Gasteiger partial charge in [0.05, 0.1) is 6.54 Å². The molecule has 146 valence electrons. The van der Waals surface area contributed by atoms with E-state index in [0.717, 1.165) is 37.9 Å². The lowest BCUT2D eigenvalue weighted by atomic mass is 9.90. The number of rotatable bonds is 6. The van der Waals surface area contributed by atoms with Crippen LogP contribution in [0.25, 0.3) is 0 Å². The molecule has 1 saturated heterocycles. The van der Waals surface area contributed by atoms with E-state index in [4.69, 9.17) is 4.52 Å². The molecule has 6 heteroatoms. The molecule has 1 aliphatic heterocycles. The van der Waals surface area contributed by atoms with Crippen LogP contribution in [0, 0.1) is 17.6 Å². The van der Waals surface area contributed by atoms with Gasteiger partial charge in [0, 0.05) is 6.42 Å². The van der Waals surface area contributed by atoms with Crippen molar-refractivity contribution in [3.8, 4) is 0 Å². The highest BCUT2D eigenvalue weighted by Crippen LogP contribution is 2.23. The fourth-order valence-corrected chi connectivity index (χ4v) is 3.75. The Morgan fingerprint density at radius 2 is 1.75 bits per heavy atom. The molecule has 0 saturated carbocycles. The molecule has 2 aromatic carbocycles. The zero-order valence-electron chi connectivity index (χ0n) is 15.7. The third kappa shape index (κ3) is 5.01. The number of likely N-dealkylation sites (tertiary alicyclic amines) is 1. The van der Waals surface area contributed by atoms with Gasteiger partial charge in [-0.3, -0.25) is 4.90 Å². The Morgan fingerprint density at radius 3 is 2.50 bits per heavy atom. The van der Waals surface area contributed by atoms with E-state index < -0.39 is 0 Å². The molecule has 28 heavy (non-hydrogen) atoms. The molecule has 1 fully saturated rings. The van der Waals surface area contributed by atoms with Gasteiger partial charge in [0.15, 0.2) is 5.82 Å². The molecule has 0 bridgehead atoms. The van der Waals surface area contributed by atoms with Crippen LogP contribution in [0.4, 0.5) is 8.78 Å². The molecular weight excluding hydrogens is 360 g/mol. The van der Waals surface area contributed by atoms with E-state index in [1.165, 1.54) is 29.8 Å². The normalized spacial score (nSPS) is 15.8. The first kappa shape index (κ1) is 18.7. The number of hydrogen-bond donors (Lipinski definition) is 0. The van der Waals surface area contributed by atoms with Crippen molar-refractivity contribution in [2.75, 3.05) is 13.1 Å². The largest absolute Gasteiger partial charge is 0.338 e. The van der Waals surface area contributed by atoms with Gasteiger partial charge in [0.2, 0.25) is 5.89 Å². The average Bonchev–Trinajstić information content (AvgIpc) is 3.12. The molecule has 1 aromatic heterocycles. The van der Waals surface area contributed by atoms with E-state index in [9.17, 15) is 8.78 Å². The van der Waals surface area contributed by atoms with Gasteiger partial charge in [-0.2, -0.15) is 4.98 Å². The Hall–Kier alpha value is -2.60. The second-order valence-corrected chi connectivity index (χ2v) is 7.46. The summed E-state index contributed by atoms with van der Waals surface area (Å²) in [6.45, 7) is 2.60. The van der Waals surface area contributed by atoms with E-state index in [0.29, 0.717) is 30.6 Å². The fourth-order valence-electron chi connectivity index (χ4n) is 3.75. The minimum absolute atomic E-state index is 0.185. The molecule has 0 amide bonds. The first-order chi connectivity index (χ1) is 13.6. The molecule has 0 aliphatic carbocycles. The molecule has 2 heterocycles. The minimum atomic E-state index is -0.260. The number of halogens is 2. The Bertz CT molecular complexity index is 902. The van der Waals surface area contributed by atoms with Crippen LogP contribution in [0.15, 0.2) is 53.1 Å². The quantitative estimate of drug-likeness (QED) is 0.633. The molecule has 4 rings (SSSR count). The van der Waals surface area contributed by atoms with Crippen LogP contribution in [-0.4, -0.2) is 28.1 Å². The van der Waals surface area contributed by atoms with Crippen molar-refractivity contribution in [3.05, 3.63) is 83.0 Å². The SMILES string of the molecule is Fc1ccc(CC2CCN(Cc3nc(Cc4cccc(F)c4)no3)CC2)cc1. The number of hydrogen-bond acceptors (Lipinski definition) is 4. The van der Waals surface area contributed by atoms with Crippen molar-refractivity contribution in [3.63, 3.8) is 0 Å². The van der Waals surface area contributed by atoms with Crippen molar-refractivity contribution in [2.45, 2.75) is 32.2 Å². The van der Waals surface area contributed by atoms with Crippen molar-refractivity contribution >= 4 is 0 Å². The summed E-state index contributed by atoms with van der Waals surface area (Å²) in [7, 11) is 0. The predicted octanol–water partition coefficient (Wildman–Crippen LogP) is 4.39. The average molecular weight is 383 g/mol. The summed E-state index contributed by atoms with van der Waals surface area (Å²) in [5, 5.41) is 4.02. The predicted molar refractivity (Wildman–Crippen MR) is 102 cm³/mol. The maximum absolute atomic E-state index is 13.3. The highest BCUT2D eigenvalue weighted by molar-refractivity contribution is 5.20. The molecule has 4 nitrogen and oxygen atoms in total. The van der Waals surface area contributed by atoms with Gasteiger partial charge in [-0.15, -0.1) is 0 Å². The van der Waals surface area contributed by atoms with Gasteiger partial charge in [-0.05, 0) is 73.7 Å². The van der Waals surface area contributed by atoms with Gasteiger partial charge in [-0.25, -0.2) is 8.78 Å². The number of piperidine rings is 1. The number of nitrogens with zero attached hydrogens (tertiary/aromatic N) is 3. The molecule has 1 aliphatic rings. The zero-order valence-corrected chi connectivity index (χ0v) is 15.7. The standard InChI is InChI=1S/C22H23F2N3O/c23-19-6-4-16(5-7-19)12-17-8-10-27(11-9-17)15-22-25-21(26-28-22)14-18-2-1-3-20(24)13-18/h1-7,13,17H,8-12,14-15H2. The molecule has 0 unspecified atom stereocenters. The second kappa shape index (κ2) is 8.61. The lowest BCUT2D eigenvalue weighted by Crippen LogP contribution is -2.34. The van der Waals surface area contributed by atoms with Crippen LogP contribution in [0.2, 0.25) is 0 Å². The highest BCUT2D eigenvalue weighted by Gasteiger charge is 2.21. The summed E-state index contributed by atoms with van der Waals surface area (Å²) in [5.41, 5.74) is 2.02.